The first-order valence-electron chi connectivity index (χ1n) is 6.38. The maximum Gasteiger partial charge on any atom is 0.453 e. The molecule has 22 heavy (non-hydrogen) atoms. The Bertz CT molecular complexity index is 771. The Balaban J connectivity index is 2.00. The lowest BCUT2D eigenvalue weighted by molar-refractivity contribution is -0.144. The predicted octanol–water partition coefficient (Wildman–Crippen LogP) is 0.916. The fourth-order valence-electron chi connectivity index (χ4n) is 2.40. The van der Waals surface area contributed by atoms with Gasteiger partial charge in [0.05, 0.1) is 25.6 Å². The van der Waals surface area contributed by atoms with Crippen LogP contribution < -0.4 is 4.90 Å². The molecule has 0 atom stereocenters. The van der Waals surface area contributed by atoms with Gasteiger partial charge in [-0.15, -0.1) is 5.10 Å². The molecule has 3 heterocycles. The molecule has 0 aromatic carbocycles. The highest BCUT2D eigenvalue weighted by Crippen LogP contribution is 2.32. The van der Waals surface area contributed by atoms with Gasteiger partial charge in [-0.1, -0.05) is 0 Å². The summed E-state index contributed by atoms with van der Waals surface area (Å²) in [5.74, 6) is -1.06. The van der Waals surface area contributed by atoms with E-state index in [4.69, 9.17) is 5.26 Å². The van der Waals surface area contributed by atoms with Gasteiger partial charge in [-0.25, -0.2) is 4.98 Å². The van der Waals surface area contributed by atoms with Gasteiger partial charge in [-0.3, -0.25) is 0 Å². The minimum Gasteiger partial charge on any atom is -0.385 e. The number of β-amino-alcohol motifs (C(OH)–C–C–N with tert-alkyl or cyclic N) is 1. The maximum atomic E-state index is 12.7. The van der Waals surface area contributed by atoms with Crippen molar-refractivity contribution < 1.29 is 18.3 Å². The second-order valence-corrected chi connectivity index (χ2v) is 5.32. The summed E-state index contributed by atoms with van der Waals surface area (Å²) >= 11 is 0. The highest BCUT2D eigenvalue weighted by Gasteiger charge is 2.43. The molecular weight excluding hydrogens is 301 g/mol. The molecule has 0 bridgehead atoms. The molecular formula is C12H11F3N6O. The molecule has 3 rings (SSSR count). The first-order chi connectivity index (χ1) is 10.2. The van der Waals surface area contributed by atoms with Crippen LogP contribution in [0, 0.1) is 18.3 Å². The zero-order chi connectivity index (χ0) is 16.1. The van der Waals surface area contributed by atoms with Crippen molar-refractivity contribution in [3.05, 3.63) is 17.6 Å². The topological polar surface area (TPSA) is 90.3 Å². The molecule has 2 aromatic rings. The number of aryl methyl sites for hydroxylation is 1. The number of alkyl halides is 3. The Labute approximate surface area is 122 Å². The Hall–Kier alpha value is -2.41. The number of rotatable bonds is 2. The molecule has 0 saturated carbocycles. The van der Waals surface area contributed by atoms with Crippen LogP contribution in [0.5, 0.6) is 0 Å². The number of hydrogen-bond donors (Lipinski definition) is 1. The normalized spacial score (nSPS) is 17.4. The van der Waals surface area contributed by atoms with E-state index >= 15 is 0 Å². The lowest BCUT2D eigenvalue weighted by Crippen LogP contribution is -2.62. The van der Waals surface area contributed by atoms with Gasteiger partial charge < -0.3 is 10.0 Å². The van der Waals surface area contributed by atoms with E-state index in [-0.39, 0.29) is 25.3 Å². The van der Waals surface area contributed by atoms with Crippen molar-refractivity contribution in [2.24, 2.45) is 0 Å². The predicted molar refractivity (Wildman–Crippen MR) is 67.9 cm³/mol. The van der Waals surface area contributed by atoms with Crippen LogP contribution in [0.4, 0.5) is 19.0 Å². The van der Waals surface area contributed by atoms with E-state index in [2.05, 4.69) is 15.1 Å². The lowest BCUT2D eigenvalue weighted by atomic mass is 9.91. The SMILES string of the molecule is Cc1cc(N2CC(O)(CC#N)C2)n2nc(C(F)(F)F)nc2n1. The third-order valence-corrected chi connectivity index (χ3v) is 3.38. The molecule has 1 saturated heterocycles. The Morgan fingerprint density at radius 2 is 2.09 bits per heavy atom. The second kappa shape index (κ2) is 4.54. The first-order valence-corrected chi connectivity index (χ1v) is 6.38. The average Bonchev–Trinajstić information content (AvgIpc) is 2.78. The zero-order valence-corrected chi connectivity index (χ0v) is 11.5. The summed E-state index contributed by atoms with van der Waals surface area (Å²) in [6.45, 7) is 1.91. The van der Waals surface area contributed by atoms with Crippen molar-refractivity contribution in [1.82, 2.24) is 19.6 Å². The Morgan fingerprint density at radius 1 is 1.41 bits per heavy atom. The summed E-state index contributed by atoms with van der Waals surface area (Å²) in [5, 5.41) is 22.1. The standard InChI is InChI=1S/C12H11F3N6O/c1-7-4-8(20-5-11(22,6-20)2-3-16)21-10(17-7)18-9(19-21)12(13,14)15/h4,22H,2,5-6H2,1H3. The van der Waals surface area contributed by atoms with Crippen molar-refractivity contribution in [3.63, 3.8) is 0 Å². The van der Waals surface area contributed by atoms with Crippen molar-refractivity contribution in [3.8, 4) is 6.07 Å². The number of nitriles is 1. The summed E-state index contributed by atoms with van der Waals surface area (Å²) in [6, 6.07) is 3.45. The number of aromatic nitrogens is 4. The number of anilines is 1. The van der Waals surface area contributed by atoms with Gasteiger partial charge in [-0.05, 0) is 6.92 Å². The van der Waals surface area contributed by atoms with Crippen LogP contribution in [0.1, 0.15) is 17.9 Å². The summed E-state index contributed by atoms with van der Waals surface area (Å²) in [5.41, 5.74) is -0.662. The van der Waals surface area contributed by atoms with E-state index in [9.17, 15) is 18.3 Å². The second-order valence-electron chi connectivity index (χ2n) is 5.32. The highest BCUT2D eigenvalue weighted by atomic mass is 19.4. The van der Waals surface area contributed by atoms with E-state index in [0.717, 1.165) is 4.52 Å². The molecule has 116 valence electrons. The van der Waals surface area contributed by atoms with Crippen LogP contribution in [0.2, 0.25) is 0 Å². The Morgan fingerprint density at radius 3 is 2.68 bits per heavy atom. The van der Waals surface area contributed by atoms with Crippen molar-refractivity contribution >= 4 is 11.6 Å². The van der Waals surface area contributed by atoms with E-state index in [1.807, 2.05) is 6.07 Å². The minimum absolute atomic E-state index is 0.0398. The Kier molecular flexibility index (Phi) is 3.00. The maximum absolute atomic E-state index is 12.7. The fraction of sp³-hybridized carbons (Fsp3) is 0.500. The molecule has 1 aliphatic heterocycles. The summed E-state index contributed by atoms with van der Waals surface area (Å²) in [7, 11) is 0. The monoisotopic (exact) mass is 312 g/mol. The third-order valence-electron chi connectivity index (χ3n) is 3.38. The molecule has 0 unspecified atom stereocenters. The minimum atomic E-state index is -4.66. The number of hydrogen-bond acceptors (Lipinski definition) is 6. The van der Waals surface area contributed by atoms with Gasteiger partial charge >= 0.3 is 6.18 Å². The molecule has 0 spiro atoms. The molecule has 7 nitrogen and oxygen atoms in total. The quantitative estimate of drug-likeness (QED) is 0.886. The molecule has 1 aliphatic rings. The van der Waals surface area contributed by atoms with Crippen molar-refractivity contribution in [1.29, 1.82) is 5.26 Å². The van der Waals surface area contributed by atoms with Crippen LogP contribution in [0.15, 0.2) is 6.07 Å². The van der Waals surface area contributed by atoms with E-state index in [1.54, 1.807) is 17.9 Å². The van der Waals surface area contributed by atoms with Crippen LogP contribution in [-0.2, 0) is 6.18 Å². The van der Waals surface area contributed by atoms with Crippen LogP contribution >= 0.6 is 0 Å². The van der Waals surface area contributed by atoms with Gasteiger partial charge in [0.25, 0.3) is 11.6 Å². The average molecular weight is 312 g/mol. The van der Waals surface area contributed by atoms with E-state index in [0.29, 0.717) is 11.5 Å². The number of halogens is 3. The largest absolute Gasteiger partial charge is 0.453 e. The van der Waals surface area contributed by atoms with Gasteiger partial charge in [0.1, 0.15) is 11.4 Å². The molecule has 0 amide bonds. The van der Waals surface area contributed by atoms with Crippen LogP contribution in [0.3, 0.4) is 0 Å². The molecule has 1 N–H and O–H groups in total. The van der Waals surface area contributed by atoms with Crippen LogP contribution in [-0.4, -0.2) is 43.4 Å². The summed E-state index contributed by atoms with van der Waals surface area (Å²) in [6.07, 6.45) is -4.70. The molecule has 0 radical (unpaired) electrons. The van der Waals surface area contributed by atoms with Gasteiger partial charge in [-0.2, -0.15) is 27.9 Å². The number of nitrogens with zero attached hydrogens (tertiary/aromatic N) is 6. The van der Waals surface area contributed by atoms with E-state index < -0.39 is 17.6 Å². The molecule has 2 aromatic heterocycles. The molecule has 10 heteroatoms. The summed E-state index contributed by atoms with van der Waals surface area (Å²) < 4.78 is 39.2. The molecule has 1 fully saturated rings. The number of aliphatic hydroxyl groups is 1. The van der Waals surface area contributed by atoms with E-state index in [1.165, 1.54) is 0 Å². The zero-order valence-electron chi connectivity index (χ0n) is 11.5. The smallest absolute Gasteiger partial charge is 0.385 e. The fourth-order valence-corrected chi connectivity index (χ4v) is 2.40. The van der Waals surface area contributed by atoms with Crippen molar-refractivity contribution in [2.45, 2.75) is 25.1 Å². The number of fused-ring (bicyclic) bond motifs is 1. The van der Waals surface area contributed by atoms with Crippen LogP contribution in [0.25, 0.3) is 5.78 Å². The third kappa shape index (κ3) is 2.33. The van der Waals surface area contributed by atoms with Crippen molar-refractivity contribution in [2.75, 3.05) is 18.0 Å². The lowest BCUT2D eigenvalue weighted by Gasteiger charge is -2.46. The van der Waals surface area contributed by atoms with Gasteiger partial charge in [0.15, 0.2) is 0 Å². The highest BCUT2D eigenvalue weighted by molar-refractivity contribution is 5.51. The van der Waals surface area contributed by atoms with Gasteiger partial charge in [0, 0.05) is 11.8 Å². The van der Waals surface area contributed by atoms with Gasteiger partial charge in [0.2, 0.25) is 0 Å². The summed E-state index contributed by atoms with van der Waals surface area (Å²) in [4.78, 5) is 8.96. The molecule has 0 aliphatic carbocycles. The first kappa shape index (κ1) is 14.5.